The molecule has 1 aromatic rings. The van der Waals surface area contributed by atoms with E-state index in [1.54, 1.807) is 4.90 Å². The quantitative estimate of drug-likeness (QED) is 0.845. The number of hydrogen-bond acceptors (Lipinski definition) is 3. The number of halogens is 1. The fraction of sp³-hybridized carbons (Fsp3) is 0.588. The van der Waals surface area contributed by atoms with Gasteiger partial charge in [-0.3, -0.25) is 4.79 Å². The van der Waals surface area contributed by atoms with Gasteiger partial charge in [-0.05, 0) is 43.4 Å². The summed E-state index contributed by atoms with van der Waals surface area (Å²) >= 11 is 5.89. The summed E-state index contributed by atoms with van der Waals surface area (Å²) in [5.74, 6) is -0.0168. The number of aliphatic hydroxyl groups is 2. The summed E-state index contributed by atoms with van der Waals surface area (Å²) in [5.41, 5.74) is 1.02. The first-order chi connectivity index (χ1) is 10.6. The highest BCUT2D eigenvalue weighted by atomic mass is 35.5. The molecule has 5 heteroatoms. The average Bonchev–Trinajstić information content (AvgIpc) is 2.52. The second kappa shape index (κ2) is 8.51. The predicted octanol–water partition coefficient (Wildman–Crippen LogP) is 2.60. The monoisotopic (exact) mass is 325 g/mol. The summed E-state index contributed by atoms with van der Waals surface area (Å²) in [6, 6.07) is 7.46. The lowest BCUT2D eigenvalue weighted by Crippen LogP contribution is -2.39. The number of carbonyl (C=O) groups excluding carboxylic acids is 1. The van der Waals surface area contributed by atoms with Crippen molar-refractivity contribution in [3.63, 3.8) is 0 Å². The van der Waals surface area contributed by atoms with Crippen LogP contribution in [-0.2, 0) is 11.3 Å². The highest BCUT2D eigenvalue weighted by Gasteiger charge is 2.29. The molecule has 1 aliphatic rings. The summed E-state index contributed by atoms with van der Waals surface area (Å²) in [6.07, 6.45) is 3.28. The van der Waals surface area contributed by atoms with E-state index >= 15 is 0 Å². The SMILES string of the molecule is O=C([C@@H]1CCC[C@@H](O)C1)N(CCCO)Cc1ccc(Cl)cc1. The number of nitrogens with zero attached hydrogens (tertiary/aromatic N) is 1. The standard InChI is InChI=1S/C17H24ClNO3/c18-15-7-5-13(6-8-15)12-19(9-2-10-20)17(22)14-3-1-4-16(21)11-14/h5-8,14,16,20-21H,1-4,9-12H2/t14-,16-/m1/s1. The van der Waals surface area contributed by atoms with Crippen LogP contribution in [0, 0.1) is 5.92 Å². The van der Waals surface area contributed by atoms with Crippen LogP contribution in [0.25, 0.3) is 0 Å². The van der Waals surface area contributed by atoms with Gasteiger partial charge >= 0.3 is 0 Å². The zero-order valence-electron chi connectivity index (χ0n) is 12.7. The van der Waals surface area contributed by atoms with Crippen LogP contribution in [0.2, 0.25) is 5.02 Å². The molecule has 0 saturated heterocycles. The highest BCUT2D eigenvalue weighted by molar-refractivity contribution is 6.30. The van der Waals surface area contributed by atoms with Gasteiger partial charge in [-0.25, -0.2) is 0 Å². The first kappa shape index (κ1) is 17.3. The van der Waals surface area contributed by atoms with E-state index in [4.69, 9.17) is 16.7 Å². The molecule has 0 bridgehead atoms. The molecule has 1 saturated carbocycles. The number of rotatable bonds is 6. The van der Waals surface area contributed by atoms with E-state index in [9.17, 15) is 9.90 Å². The zero-order valence-corrected chi connectivity index (χ0v) is 13.5. The molecule has 1 aromatic carbocycles. The number of hydrogen-bond donors (Lipinski definition) is 2. The van der Waals surface area contributed by atoms with Crippen LogP contribution in [-0.4, -0.2) is 40.3 Å². The smallest absolute Gasteiger partial charge is 0.226 e. The lowest BCUT2D eigenvalue weighted by Gasteiger charge is -2.31. The van der Waals surface area contributed by atoms with Gasteiger partial charge in [0.15, 0.2) is 0 Å². The Labute approximate surface area is 136 Å². The van der Waals surface area contributed by atoms with Gasteiger partial charge in [0.2, 0.25) is 5.91 Å². The van der Waals surface area contributed by atoms with Crippen LogP contribution < -0.4 is 0 Å². The number of carbonyl (C=O) groups is 1. The van der Waals surface area contributed by atoms with Crippen molar-refractivity contribution >= 4 is 17.5 Å². The molecule has 0 aromatic heterocycles. The maximum Gasteiger partial charge on any atom is 0.226 e. The van der Waals surface area contributed by atoms with Gasteiger partial charge < -0.3 is 15.1 Å². The molecule has 0 radical (unpaired) electrons. The van der Waals surface area contributed by atoms with Gasteiger partial charge in [0, 0.05) is 30.6 Å². The van der Waals surface area contributed by atoms with Gasteiger partial charge in [-0.15, -0.1) is 0 Å². The molecule has 1 amide bonds. The van der Waals surface area contributed by atoms with Gasteiger partial charge in [0.05, 0.1) is 6.10 Å². The van der Waals surface area contributed by atoms with Crippen LogP contribution >= 0.6 is 11.6 Å². The van der Waals surface area contributed by atoms with E-state index in [0.29, 0.717) is 31.0 Å². The maximum absolute atomic E-state index is 12.7. The summed E-state index contributed by atoms with van der Waals surface area (Å²) in [6.45, 7) is 1.12. The van der Waals surface area contributed by atoms with Gasteiger partial charge in [-0.1, -0.05) is 30.2 Å². The van der Waals surface area contributed by atoms with Gasteiger partial charge in [-0.2, -0.15) is 0 Å². The van der Waals surface area contributed by atoms with Crippen molar-refractivity contribution in [2.75, 3.05) is 13.2 Å². The fourth-order valence-corrected chi connectivity index (χ4v) is 3.11. The second-order valence-corrected chi connectivity index (χ2v) is 6.42. The fourth-order valence-electron chi connectivity index (χ4n) is 2.99. The maximum atomic E-state index is 12.7. The molecule has 1 fully saturated rings. The Morgan fingerprint density at radius 1 is 1.27 bits per heavy atom. The minimum atomic E-state index is -0.363. The molecule has 0 unspecified atom stereocenters. The summed E-state index contributed by atoms with van der Waals surface area (Å²) < 4.78 is 0. The van der Waals surface area contributed by atoms with Crippen molar-refractivity contribution in [3.05, 3.63) is 34.9 Å². The normalized spacial score (nSPS) is 21.6. The van der Waals surface area contributed by atoms with E-state index in [1.807, 2.05) is 24.3 Å². The first-order valence-corrected chi connectivity index (χ1v) is 8.30. The molecular weight excluding hydrogens is 302 g/mol. The summed E-state index contributed by atoms with van der Waals surface area (Å²) in [7, 11) is 0. The Kier molecular flexibility index (Phi) is 6.68. The summed E-state index contributed by atoms with van der Waals surface area (Å²) in [5, 5.41) is 19.5. The van der Waals surface area contributed by atoms with Crippen LogP contribution in [0.15, 0.2) is 24.3 Å². The van der Waals surface area contributed by atoms with Gasteiger partial charge in [0.1, 0.15) is 0 Å². The third-order valence-electron chi connectivity index (χ3n) is 4.18. The molecule has 2 atom stereocenters. The molecule has 0 spiro atoms. The number of benzene rings is 1. The minimum absolute atomic E-state index is 0.0672. The molecule has 122 valence electrons. The number of amides is 1. The molecule has 0 heterocycles. The molecular formula is C17H24ClNO3. The van der Waals surface area contributed by atoms with Crippen molar-refractivity contribution in [1.82, 2.24) is 4.90 Å². The molecule has 22 heavy (non-hydrogen) atoms. The van der Waals surface area contributed by atoms with Gasteiger partial charge in [0.25, 0.3) is 0 Å². The van der Waals surface area contributed by atoms with E-state index < -0.39 is 0 Å². The first-order valence-electron chi connectivity index (χ1n) is 7.92. The molecule has 0 aliphatic heterocycles. The summed E-state index contributed by atoms with van der Waals surface area (Å²) in [4.78, 5) is 14.5. The average molecular weight is 326 g/mol. The van der Waals surface area contributed by atoms with Crippen LogP contribution in [0.5, 0.6) is 0 Å². The van der Waals surface area contributed by atoms with E-state index in [1.165, 1.54) is 0 Å². The topological polar surface area (TPSA) is 60.8 Å². The largest absolute Gasteiger partial charge is 0.396 e. The Bertz CT molecular complexity index is 477. The predicted molar refractivity (Wildman–Crippen MR) is 86.5 cm³/mol. The van der Waals surface area contributed by atoms with Crippen molar-refractivity contribution in [3.8, 4) is 0 Å². The molecule has 1 aliphatic carbocycles. The van der Waals surface area contributed by atoms with E-state index in [2.05, 4.69) is 0 Å². The molecule has 4 nitrogen and oxygen atoms in total. The lowest BCUT2D eigenvalue weighted by molar-refractivity contribution is -0.138. The third kappa shape index (κ3) is 4.97. The number of aliphatic hydroxyl groups excluding tert-OH is 2. The van der Waals surface area contributed by atoms with Crippen LogP contribution in [0.1, 0.15) is 37.7 Å². The Morgan fingerprint density at radius 2 is 2.00 bits per heavy atom. The van der Waals surface area contributed by atoms with Crippen molar-refractivity contribution in [2.24, 2.45) is 5.92 Å². The lowest BCUT2D eigenvalue weighted by atomic mass is 9.86. The molecule has 2 N–H and O–H groups in total. The van der Waals surface area contributed by atoms with Crippen LogP contribution in [0.3, 0.4) is 0 Å². The Morgan fingerprint density at radius 3 is 2.64 bits per heavy atom. The van der Waals surface area contributed by atoms with E-state index in [-0.39, 0.29) is 24.5 Å². The Hall–Kier alpha value is -1.10. The molecule has 2 rings (SSSR count). The Balaban J connectivity index is 2.03. The third-order valence-corrected chi connectivity index (χ3v) is 4.43. The van der Waals surface area contributed by atoms with Crippen molar-refractivity contribution < 1.29 is 15.0 Å². The van der Waals surface area contributed by atoms with Crippen molar-refractivity contribution in [2.45, 2.75) is 44.8 Å². The second-order valence-electron chi connectivity index (χ2n) is 5.98. The van der Waals surface area contributed by atoms with E-state index in [0.717, 1.165) is 24.8 Å². The van der Waals surface area contributed by atoms with Crippen molar-refractivity contribution in [1.29, 1.82) is 0 Å². The zero-order chi connectivity index (χ0) is 15.9. The van der Waals surface area contributed by atoms with Crippen LogP contribution in [0.4, 0.5) is 0 Å². The minimum Gasteiger partial charge on any atom is -0.396 e. The highest BCUT2D eigenvalue weighted by Crippen LogP contribution is 2.26.